The van der Waals surface area contributed by atoms with Crippen LogP contribution >= 0.6 is 0 Å². The molecule has 92 valence electrons. The summed E-state index contributed by atoms with van der Waals surface area (Å²) in [5.74, 6) is 1.63. The van der Waals surface area contributed by atoms with Gasteiger partial charge in [0.1, 0.15) is 11.7 Å². The van der Waals surface area contributed by atoms with Crippen molar-refractivity contribution in [2.45, 2.75) is 32.7 Å². The maximum atomic E-state index is 7.62. The number of hydrogen-bond donors (Lipinski definition) is 2. The van der Waals surface area contributed by atoms with E-state index < -0.39 is 0 Å². The molecule has 0 bridgehead atoms. The minimum Gasteiger partial charge on any atom is -0.384 e. The SMILES string of the molecule is CC1CCC(C)N(c2ncccc2C(=N)N)C1. The zero-order valence-corrected chi connectivity index (χ0v) is 10.5. The summed E-state index contributed by atoms with van der Waals surface area (Å²) in [6.45, 7) is 5.47. The van der Waals surface area contributed by atoms with Gasteiger partial charge < -0.3 is 10.6 Å². The molecular formula is C13H20N4. The van der Waals surface area contributed by atoms with Gasteiger partial charge in [-0.05, 0) is 37.8 Å². The van der Waals surface area contributed by atoms with Gasteiger partial charge in [-0.1, -0.05) is 6.92 Å². The van der Waals surface area contributed by atoms with Gasteiger partial charge in [0, 0.05) is 18.8 Å². The van der Waals surface area contributed by atoms with Crippen molar-refractivity contribution in [3.63, 3.8) is 0 Å². The highest BCUT2D eigenvalue weighted by atomic mass is 15.2. The quantitative estimate of drug-likeness (QED) is 0.605. The van der Waals surface area contributed by atoms with Gasteiger partial charge in [-0.2, -0.15) is 0 Å². The Labute approximate surface area is 102 Å². The number of hydrogen-bond acceptors (Lipinski definition) is 3. The molecular weight excluding hydrogens is 212 g/mol. The van der Waals surface area contributed by atoms with Crippen molar-refractivity contribution < 1.29 is 0 Å². The van der Waals surface area contributed by atoms with Crippen molar-refractivity contribution in [2.75, 3.05) is 11.4 Å². The number of anilines is 1. The van der Waals surface area contributed by atoms with E-state index in [2.05, 4.69) is 23.7 Å². The standard InChI is InChI=1S/C13H20N4/c1-9-5-6-10(2)17(8-9)13-11(12(14)15)4-3-7-16-13/h3-4,7,9-10H,5-6,8H2,1-2H3,(H3,14,15). The van der Waals surface area contributed by atoms with Crippen LogP contribution in [0.3, 0.4) is 0 Å². The lowest BCUT2D eigenvalue weighted by Crippen LogP contribution is -2.42. The fraction of sp³-hybridized carbons (Fsp3) is 0.538. The molecule has 1 aliphatic rings. The lowest BCUT2D eigenvalue weighted by Gasteiger charge is -2.38. The van der Waals surface area contributed by atoms with Crippen molar-refractivity contribution in [1.82, 2.24) is 4.98 Å². The van der Waals surface area contributed by atoms with Gasteiger partial charge in [0.2, 0.25) is 0 Å². The Hall–Kier alpha value is -1.58. The molecule has 1 aliphatic heterocycles. The minimum absolute atomic E-state index is 0.0959. The Bertz CT molecular complexity index is 416. The summed E-state index contributed by atoms with van der Waals surface area (Å²) in [4.78, 5) is 6.70. The van der Waals surface area contributed by atoms with Crippen LogP contribution in [0.2, 0.25) is 0 Å². The van der Waals surface area contributed by atoms with Crippen LogP contribution in [0.5, 0.6) is 0 Å². The summed E-state index contributed by atoms with van der Waals surface area (Å²) in [6, 6.07) is 4.17. The lowest BCUT2D eigenvalue weighted by atomic mass is 9.94. The molecule has 2 heterocycles. The van der Waals surface area contributed by atoms with E-state index in [0.29, 0.717) is 12.0 Å². The summed E-state index contributed by atoms with van der Waals surface area (Å²) in [5.41, 5.74) is 6.36. The van der Waals surface area contributed by atoms with Crippen LogP contribution in [0.1, 0.15) is 32.3 Å². The highest BCUT2D eigenvalue weighted by Gasteiger charge is 2.25. The van der Waals surface area contributed by atoms with E-state index in [1.54, 1.807) is 6.20 Å². The van der Waals surface area contributed by atoms with Crippen LogP contribution in [-0.2, 0) is 0 Å². The molecule has 4 heteroatoms. The van der Waals surface area contributed by atoms with Crippen molar-refractivity contribution >= 4 is 11.7 Å². The Morgan fingerprint density at radius 1 is 1.47 bits per heavy atom. The van der Waals surface area contributed by atoms with Gasteiger partial charge >= 0.3 is 0 Å². The zero-order chi connectivity index (χ0) is 12.4. The third-order valence-corrected chi connectivity index (χ3v) is 3.47. The number of nitrogens with two attached hydrogens (primary N) is 1. The third-order valence-electron chi connectivity index (χ3n) is 3.47. The molecule has 0 aliphatic carbocycles. The summed E-state index contributed by atoms with van der Waals surface area (Å²) in [5, 5.41) is 7.62. The lowest BCUT2D eigenvalue weighted by molar-refractivity contribution is 0.388. The Morgan fingerprint density at radius 2 is 2.24 bits per heavy atom. The van der Waals surface area contributed by atoms with Crippen LogP contribution in [-0.4, -0.2) is 23.4 Å². The topological polar surface area (TPSA) is 66.0 Å². The minimum atomic E-state index is 0.0959. The summed E-state index contributed by atoms with van der Waals surface area (Å²) in [7, 11) is 0. The monoisotopic (exact) mass is 232 g/mol. The van der Waals surface area contributed by atoms with Crippen LogP contribution in [0, 0.1) is 11.3 Å². The van der Waals surface area contributed by atoms with Crippen LogP contribution in [0.25, 0.3) is 0 Å². The maximum absolute atomic E-state index is 7.62. The fourth-order valence-electron chi connectivity index (χ4n) is 2.42. The van der Waals surface area contributed by atoms with Gasteiger partial charge in [-0.3, -0.25) is 5.41 Å². The van der Waals surface area contributed by atoms with Crippen molar-refractivity contribution in [3.8, 4) is 0 Å². The van der Waals surface area contributed by atoms with E-state index in [1.165, 1.54) is 12.8 Å². The van der Waals surface area contributed by atoms with E-state index in [-0.39, 0.29) is 5.84 Å². The Morgan fingerprint density at radius 3 is 2.94 bits per heavy atom. The molecule has 0 spiro atoms. The molecule has 1 saturated heterocycles. The predicted molar refractivity (Wildman–Crippen MR) is 70.5 cm³/mol. The molecule has 17 heavy (non-hydrogen) atoms. The van der Waals surface area contributed by atoms with Crippen LogP contribution in [0.4, 0.5) is 5.82 Å². The van der Waals surface area contributed by atoms with E-state index >= 15 is 0 Å². The molecule has 1 fully saturated rings. The summed E-state index contributed by atoms with van der Waals surface area (Å²) < 4.78 is 0. The molecule has 2 atom stereocenters. The van der Waals surface area contributed by atoms with E-state index in [9.17, 15) is 0 Å². The number of nitrogens with one attached hydrogen (secondary N) is 1. The largest absolute Gasteiger partial charge is 0.384 e. The molecule has 0 aromatic carbocycles. The second-order valence-electron chi connectivity index (χ2n) is 4.97. The second-order valence-corrected chi connectivity index (χ2v) is 4.97. The van der Waals surface area contributed by atoms with Gasteiger partial charge in [-0.15, -0.1) is 0 Å². The van der Waals surface area contributed by atoms with Gasteiger partial charge in [0.25, 0.3) is 0 Å². The predicted octanol–water partition coefficient (Wildman–Crippen LogP) is 1.99. The first-order valence-corrected chi connectivity index (χ1v) is 6.15. The van der Waals surface area contributed by atoms with Crippen molar-refractivity contribution in [2.24, 2.45) is 11.7 Å². The number of nitrogens with zero attached hydrogens (tertiary/aromatic N) is 2. The summed E-state index contributed by atoms with van der Waals surface area (Å²) >= 11 is 0. The number of piperidine rings is 1. The molecule has 3 N–H and O–H groups in total. The van der Waals surface area contributed by atoms with E-state index in [1.807, 2.05) is 12.1 Å². The van der Waals surface area contributed by atoms with Gasteiger partial charge in [0.15, 0.2) is 0 Å². The number of pyridine rings is 1. The normalized spacial score (nSPS) is 24.7. The molecule has 4 nitrogen and oxygen atoms in total. The highest BCUT2D eigenvalue weighted by Crippen LogP contribution is 2.28. The number of nitrogen functional groups attached to an aromatic ring is 1. The first-order chi connectivity index (χ1) is 8.09. The number of amidine groups is 1. The Kier molecular flexibility index (Phi) is 3.31. The van der Waals surface area contributed by atoms with Crippen molar-refractivity contribution in [1.29, 1.82) is 5.41 Å². The molecule has 1 aromatic rings. The average Bonchev–Trinajstić information content (AvgIpc) is 2.32. The fourth-order valence-corrected chi connectivity index (χ4v) is 2.42. The van der Waals surface area contributed by atoms with Crippen molar-refractivity contribution in [3.05, 3.63) is 23.9 Å². The Balaban J connectivity index is 2.35. The maximum Gasteiger partial charge on any atom is 0.139 e. The number of rotatable bonds is 2. The van der Waals surface area contributed by atoms with Gasteiger partial charge in [-0.25, -0.2) is 4.98 Å². The highest BCUT2D eigenvalue weighted by molar-refractivity contribution is 5.99. The molecule has 0 saturated carbocycles. The van der Waals surface area contributed by atoms with E-state index in [0.717, 1.165) is 17.9 Å². The summed E-state index contributed by atoms with van der Waals surface area (Å²) in [6.07, 6.45) is 4.21. The second kappa shape index (κ2) is 4.73. The molecule has 0 amide bonds. The molecule has 1 aromatic heterocycles. The molecule has 0 radical (unpaired) electrons. The van der Waals surface area contributed by atoms with Gasteiger partial charge in [0.05, 0.1) is 5.56 Å². The third kappa shape index (κ3) is 2.40. The van der Waals surface area contributed by atoms with Crippen LogP contribution in [0.15, 0.2) is 18.3 Å². The smallest absolute Gasteiger partial charge is 0.139 e. The molecule has 2 rings (SSSR count). The average molecular weight is 232 g/mol. The first kappa shape index (κ1) is 11.9. The first-order valence-electron chi connectivity index (χ1n) is 6.15. The zero-order valence-electron chi connectivity index (χ0n) is 10.5. The van der Waals surface area contributed by atoms with E-state index in [4.69, 9.17) is 11.1 Å². The number of aromatic nitrogens is 1. The molecule has 2 unspecified atom stereocenters. The van der Waals surface area contributed by atoms with Crippen LogP contribution < -0.4 is 10.6 Å².